The fourth-order valence-corrected chi connectivity index (χ4v) is 3.53. The highest BCUT2D eigenvalue weighted by Gasteiger charge is 2.34. The van der Waals surface area contributed by atoms with Crippen molar-refractivity contribution in [3.8, 4) is 5.75 Å². The van der Waals surface area contributed by atoms with Gasteiger partial charge >= 0.3 is 5.63 Å². The van der Waals surface area contributed by atoms with E-state index in [2.05, 4.69) is 5.16 Å². The van der Waals surface area contributed by atoms with E-state index in [1.165, 1.54) is 13.2 Å². The van der Waals surface area contributed by atoms with Gasteiger partial charge in [-0.05, 0) is 30.7 Å². The zero-order valence-electron chi connectivity index (χ0n) is 17.3. The molecule has 2 heterocycles. The van der Waals surface area contributed by atoms with E-state index in [9.17, 15) is 9.59 Å². The number of hydrogen-bond acceptors (Lipinski definition) is 7. The molecule has 1 aromatic heterocycles. The van der Waals surface area contributed by atoms with Gasteiger partial charge in [-0.15, -0.1) is 0 Å². The molecule has 0 radical (unpaired) electrons. The summed E-state index contributed by atoms with van der Waals surface area (Å²) < 4.78 is 16.6. The number of oxime groups is 1. The van der Waals surface area contributed by atoms with Crippen LogP contribution in [0.2, 0.25) is 0 Å². The van der Waals surface area contributed by atoms with Crippen LogP contribution in [0.15, 0.2) is 62.9 Å². The highest BCUT2D eigenvalue weighted by atomic mass is 16.6. The van der Waals surface area contributed by atoms with Crippen molar-refractivity contribution in [3.63, 3.8) is 0 Å². The molecule has 0 N–H and O–H groups in total. The first-order valence-corrected chi connectivity index (χ1v) is 9.86. The van der Waals surface area contributed by atoms with E-state index in [0.717, 1.165) is 22.2 Å². The van der Waals surface area contributed by atoms with Gasteiger partial charge in [-0.25, -0.2) is 4.79 Å². The van der Waals surface area contributed by atoms with Gasteiger partial charge in [-0.1, -0.05) is 23.4 Å². The molecule has 0 saturated heterocycles. The van der Waals surface area contributed by atoms with Crippen LogP contribution in [0.1, 0.15) is 11.1 Å². The molecular weight excluding hydrogens is 400 g/mol. The number of carbonyl (C=O) groups excluding carboxylic acids is 1. The van der Waals surface area contributed by atoms with Crippen LogP contribution in [0.5, 0.6) is 5.75 Å². The number of fused-ring (bicyclic) bond motifs is 2. The van der Waals surface area contributed by atoms with E-state index >= 15 is 0 Å². The maximum Gasteiger partial charge on any atom is 0.336 e. The van der Waals surface area contributed by atoms with Gasteiger partial charge in [0.05, 0.1) is 18.9 Å². The first-order valence-electron chi connectivity index (χ1n) is 9.86. The van der Waals surface area contributed by atoms with Crippen molar-refractivity contribution in [2.75, 3.05) is 38.4 Å². The largest absolute Gasteiger partial charge is 0.491 e. The Labute approximate surface area is 178 Å². The summed E-state index contributed by atoms with van der Waals surface area (Å²) in [6.07, 6.45) is 0. The van der Waals surface area contributed by atoms with E-state index < -0.39 is 0 Å². The molecule has 0 atom stereocenters. The lowest BCUT2D eigenvalue weighted by atomic mass is 10.1. The SMILES string of the molecule is CO/N=C1\C(=O)N(CCOCCOc2ccc3c(C)cc(=O)oc3c2)c2ccccc21. The van der Waals surface area contributed by atoms with Gasteiger partial charge in [0, 0.05) is 29.6 Å². The summed E-state index contributed by atoms with van der Waals surface area (Å²) >= 11 is 0. The molecule has 4 rings (SSSR count). The Morgan fingerprint density at radius 2 is 1.87 bits per heavy atom. The molecule has 0 aliphatic carbocycles. The van der Waals surface area contributed by atoms with Gasteiger partial charge in [0.25, 0.3) is 5.91 Å². The Morgan fingerprint density at radius 1 is 1.03 bits per heavy atom. The molecule has 31 heavy (non-hydrogen) atoms. The second kappa shape index (κ2) is 9.01. The standard InChI is InChI=1S/C23H22N2O6/c1-15-13-21(26)31-20-14-16(7-8-17(15)20)30-12-11-29-10-9-25-19-6-4-3-5-18(19)22(23(25)27)24-28-2/h3-8,13-14H,9-12H2,1-2H3/b24-22-. The lowest BCUT2D eigenvalue weighted by Crippen LogP contribution is -2.33. The van der Waals surface area contributed by atoms with Crippen LogP contribution in [0.25, 0.3) is 11.0 Å². The fourth-order valence-electron chi connectivity index (χ4n) is 3.53. The zero-order valence-corrected chi connectivity index (χ0v) is 17.3. The summed E-state index contributed by atoms with van der Waals surface area (Å²) in [5.74, 6) is 0.379. The molecule has 0 spiro atoms. The number of carbonyl (C=O) groups is 1. The predicted molar refractivity (Wildman–Crippen MR) is 116 cm³/mol. The Morgan fingerprint density at radius 3 is 2.71 bits per heavy atom. The van der Waals surface area contributed by atoms with Gasteiger partial charge in [0.2, 0.25) is 0 Å². The summed E-state index contributed by atoms with van der Waals surface area (Å²) in [4.78, 5) is 30.6. The molecule has 8 nitrogen and oxygen atoms in total. The van der Waals surface area contributed by atoms with Crippen molar-refractivity contribution < 1.29 is 23.5 Å². The highest BCUT2D eigenvalue weighted by molar-refractivity contribution is 6.54. The average Bonchev–Trinajstić information content (AvgIpc) is 3.02. The van der Waals surface area contributed by atoms with Crippen molar-refractivity contribution in [2.45, 2.75) is 6.92 Å². The average molecular weight is 422 g/mol. The molecule has 160 valence electrons. The maximum atomic E-state index is 12.6. The normalized spacial score (nSPS) is 14.3. The topological polar surface area (TPSA) is 90.6 Å². The smallest absolute Gasteiger partial charge is 0.336 e. The number of ether oxygens (including phenoxy) is 2. The second-order valence-electron chi connectivity index (χ2n) is 6.96. The summed E-state index contributed by atoms with van der Waals surface area (Å²) in [5.41, 5.74) is 2.79. The molecule has 1 aliphatic heterocycles. The third-order valence-corrected chi connectivity index (χ3v) is 4.96. The molecular formula is C23H22N2O6. The second-order valence-corrected chi connectivity index (χ2v) is 6.96. The minimum Gasteiger partial charge on any atom is -0.491 e. The molecule has 0 bridgehead atoms. The number of benzene rings is 2. The van der Waals surface area contributed by atoms with Crippen LogP contribution in [0.3, 0.4) is 0 Å². The van der Waals surface area contributed by atoms with E-state index in [1.54, 1.807) is 11.0 Å². The Balaban J connectivity index is 1.28. The number of para-hydroxylation sites is 1. The molecule has 1 aliphatic rings. The van der Waals surface area contributed by atoms with Crippen molar-refractivity contribution in [1.29, 1.82) is 0 Å². The fraction of sp³-hybridized carbons (Fsp3) is 0.261. The van der Waals surface area contributed by atoms with Crippen LogP contribution >= 0.6 is 0 Å². The van der Waals surface area contributed by atoms with E-state index in [4.69, 9.17) is 18.7 Å². The summed E-state index contributed by atoms with van der Waals surface area (Å²) in [6.45, 7) is 3.26. The van der Waals surface area contributed by atoms with Gasteiger partial charge < -0.3 is 23.6 Å². The van der Waals surface area contributed by atoms with Crippen molar-refractivity contribution in [3.05, 3.63) is 70.1 Å². The van der Waals surface area contributed by atoms with Crippen LogP contribution in [-0.2, 0) is 14.4 Å². The minimum atomic E-state index is -0.387. The number of rotatable bonds is 8. The Hall–Kier alpha value is -3.65. The first kappa shape index (κ1) is 20.6. The van der Waals surface area contributed by atoms with Crippen LogP contribution in [-0.4, -0.2) is 45.1 Å². The van der Waals surface area contributed by atoms with Crippen molar-refractivity contribution in [2.24, 2.45) is 5.16 Å². The number of aryl methyl sites for hydroxylation is 1. The molecule has 0 saturated carbocycles. The minimum absolute atomic E-state index is 0.212. The molecule has 0 fully saturated rings. The highest BCUT2D eigenvalue weighted by Crippen LogP contribution is 2.29. The summed E-state index contributed by atoms with van der Waals surface area (Å²) in [6, 6.07) is 14.3. The summed E-state index contributed by atoms with van der Waals surface area (Å²) in [7, 11) is 1.42. The van der Waals surface area contributed by atoms with Gasteiger partial charge in [0.1, 0.15) is 25.0 Å². The van der Waals surface area contributed by atoms with Crippen LogP contribution in [0.4, 0.5) is 5.69 Å². The van der Waals surface area contributed by atoms with Crippen molar-refractivity contribution in [1.82, 2.24) is 0 Å². The molecule has 1 amide bonds. The van der Waals surface area contributed by atoms with Crippen LogP contribution < -0.4 is 15.3 Å². The number of nitrogens with zero attached hydrogens (tertiary/aromatic N) is 2. The Bertz CT molecular complexity index is 1200. The molecule has 8 heteroatoms. The number of amides is 1. The van der Waals surface area contributed by atoms with Gasteiger partial charge in [-0.2, -0.15) is 0 Å². The first-order chi connectivity index (χ1) is 15.1. The number of hydrogen-bond donors (Lipinski definition) is 0. The van der Waals surface area contributed by atoms with Crippen molar-refractivity contribution >= 4 is 28.3 Å². The lowest BCUT2D eigenvalue weighted by molar-refractivity contribution is -0.112. The lowest BCUT2D eigenvalue weighted by Gasteiger charge is -2.16. The molecule has 2 aromatic carbocycles. The molecule has 3 aromatic rings. The number of anilines is 1. The monoisotopic (exact) mass is 422 g/mol. The zero-order chi connectivity index (χ0) is 21.8. The molecule has 0 unspecified atom stereocenters. The van der Waals surface area contributed by atoms with E-state index in [1.807, 2.05) is 43.3 Å². The maximum absolute atomic E-state index is 12.6. The third-order valence-electron chi connectivity index (χ3n) is 4.96. The van der Waals surface area contributed by atoms with Crippen LogP contribution in [0, 0.1) is 6.92 Å². The van der Waals surface area contributed by atoms with Gasteiger partial charge in [0.15, 0.2) is 5.71 Å². The van der Waals surface area contributed by atoms with E-state index in [0.29, 0.717) is 43.4 Å². The third kappa shape index (κ3) is 4.29. The Kier molecular flexibility index (Phi) is 5.99. The van der Waals surface area contributed by atoms with E-state index in [-0.39, 0.29) is 11.5 Å². The van der Waals surface area contributed by atoms with Gasteiger partial charge in [-0.3, -0.25) is 4.79 Å². The predicted octanol–water partition coefficient (Wildman–Crippen LogP) is 2.89. The quantitative estimate of drug-likeness (QED) is 0.315. The summed E-state index contributed by atoms with van der Waals surface area (Å²) in [5, 5.41) is 4.73.